The lowest BCUT2D eigenvalue weighted by Crippen LogP contribution is -2.52. The van der Waals surface area contributed by atoms with E-state index in [1.54, 1.807) is 59.1 Å². The average Bonchev–Trinajstić information content (AvgIpc) is 2.49. The molecule has 1 aliphatic heterocycles. The largest absolute Gasteiger partial charge is 0.715 e. The molecule has 1 aliphatic rings. The average molecular weight is 263 g/mol. The van der Waals surface area contributed by atoms with Crippen LogP contribution in [-0.2, 0) is 0 Å². The van der Waals surface area contributed by atoms with Crippen molar-refractivity contribution in [1.82, 2.24) is 5.06 Å². The molecule has 0 saturated heterocycles. The number of hydrogen-bond donors (Lipinski definition) is 0. The quantitative estimate of drug-likeness (QED) is 0.607. The van der Waals surface area contributed by atoms with Gasteiger partial charge in [-0.25, -0.2) is 0 Å². The third-order valence-electron chi connectivity index (χ3n) is 4.25. The van der Waals surface area contributed by atoms with Gasteiger partial charge in [0.2, 0.25) is 0 Å². The zero-order valence-corrected chi connectivity index (χ0v) is 11.9. The summed E-state index contributed by atoms with van der Waals surface area (Å²) in [5, 5.41) is 25.6. The third kappa shape index (κ3) is 1.76. The molecule has 5 heteroatoms. The lowest BCUT2D eigenvalue weighted by molar-refractivity contribution is -0.539. The van der Waals surface area contributed by atoms with E-state index in [0.717, 1.165) is 9.80 Å². The Morgan fingerprint density at radius 1 is 1.11 bits per heavy atom. The van der Waals surface area contributed by atoms with Crippen LogP contribution in [0.4, 0.5) is 0 Å². The Balaban J connectivity index is 2.52. The Hall–Kier alpha value is -1.75. The second kappa shape index (κ2) is 4.13. The fourth-order valence-electron chi connectivity index (χ4n) is 2.08. The van der Waals surface area contributed by atoms with Crippen molar-refractivity contribution in [2.45, 2.75) is 38.8 Å². The van der Waals surface area contributed by atoms with Gasteiger partial charge < -0.3 is 15.2 Å². The van der Waals surface area contributed by atoms with Crippen LogP contribution in [0.1, 0.15) is 33.3 Å². The van der Waals surface area contributed by atoms with Gasteiger partial charge in [-0.3, -0.25) is 9.80 Å². The molecule has 104 valence electrons. The first-order valence-corrected chi connectivity index (χ1v) is 6.19. The van der Waals surface area contributed by atoms with Gasteiger partial charge in [-0.2, -0.15) is 0 Å². The van der Waals surface area contributed by atoms with E-state index in [4.69, 9.17) is 4.74 Å². The molecule has 0 fully saturated rings. The third-order valence-corrected chi connectivity index (χ3v) is 4.25. The van der Waals surface area contributed by atoms with E-state index in [1.165, 1.54) is 0 Å². The van der Waals surface area contributed by atoms with Crippen LogP contribution in [0.5, 0.6) is 5.75 Å². The minimum Gasteiger partial charge on any atom is -0.715 e. The lowest BCUT2D eigenvalue weighted by Gasteiger charge is -2.39. The van der Waals surface area contributed by atoms with Crippen molar-refractivity contribution in [3.63, 3.8) is 0 Å². The molecule has 0 bridgehead atoms. The van der Waals surface area contributed by atoms with E-state index in [2.05, 4.69) is 0 Å². The summed E-state index contributed by atoms with van der Waals surface area (Å²) in [6.45, 7) is 7.12. The van der Waals surface area contributed by atoms with Gasteiger partial charge in [-0.05, 0) is 52.0 Å². The molecule has 1 aromatic rings. The summed E-state index contributed by atoms with van der Waals surface area (Å²) in [6, 6.07) is 6.92. The van der Waals surface area contributed by atoms with Gasteiger partial charge in [0.25, 0.3) is 5.84 Å². The Morgan fingerprint density at radius 2 is 1.63 bits per heavy atom. The monoisotopic (exact) mass is 263 g/mol. The summed E-state index contributed by atoms with van der Waals surface area (Å²) >= 11 is 0. The van der Waals surface area contributed by atoms with Crippen molar-refractivity contribution in [2.75, 3.05) is 7.11 Å². The smallest absolute Gasteiger partial charge is 0.279 e. The van der Waals surface area contributed by atoms with Gasteiger partial charge in [-0.15, -0.1) is 0 Å². The van der Waals surface area contributed by atoms with Gasteiger partial charge in [0.05, 0.1) is 12.7 Å². The molecule has 0 aliphatic carbocycles. The predicted molar refractivity (Wildman–Crippen MR) is 74.1 cm³/mol. The summed E-state index contributed by atoms with van der Waals surface area (Å²) in [7, 11) is 1.57. The van der Waals surface area contributed by atoms with Crippen LogP contribution in [0.25, 0.3) is 0 Å². The van der Waals surface area contributed by atoms with E-state index in [9.17, 15) is 10.4 Å². The van der Waals surface area contributed by atoms with Crippen LogP contribution < -0.4 is 4.74 Å². The molecule has 5 nitrogen and oxygen atoms in total. The van der Waals surface area contributed by atoms with Crippen LogP contribution in [0.3, 0.4) is 0 Å². The van der Waals surface area contributed by atoms with Crippen molar-refractivity contribution in [1.29, 1.82) is 0 Å². The van der Waals surface area contributed by atoms with Gasteiger partial charge in [-0.1, -0.05) is 0 Å². The normalized spacial score (nSPS) is 20.8. The maximum Gasteiger partial charge on any atom is 0.279 e. The van der Waals surface area contributed by atoms with Gasteiger partial charge in [0.1, 0.15) is 16.8 Å². The minimum absolute atomic E-state index is 0.151. The molecule has 0 spiro atoms. The highest BCUT2D eigenvalue weighted by molar-refractivity contribution is 5.97. The maximum atomic E-state index is 12.4. The standard InChI is InChI=1S/C14H19N2O3/c1-13(2)14(3,4)16(18)12(15(13)17)10-6-8-11(19-5)9-7-10/h6-9H,1-5H3/q-1. The molecule has 0 atom stereocenters. The number of ether oxygens (including phenoxy) is 1. The topological polar surface area (TPSA) is 61.6 Å². The number of hydroxylamine groups is 3. The number of nitrogens with zero attached hydrogens (tertiary/aromatic N) is 2. The molecule has 2 rings (SSSR count). The highest BCUT2D eigenvalue weighted by Crippen LogP contribution is 2.37. The fraction of sp³-hybridized carbons (Fsp3) is 0.500. The minimum atomic E-state index is -0.788. The number of benzene rings is 1. The lowest BCUT2D eigenvalue weighted by atomic mass is 9.84. The van der Waals surface area contributed by atoms with E-state index in [1.807, 2.05) is 0 Å². The van der Waals surface area contributed by atoms with Crippen molar-refractivity contribution in [2.24, 2.45) is 0 Å². The van der Waals surface area contributed by atoms with Gasteiger partial charge in [0.15, 0.2) is 0 Å². The second-order valence-corrected chi connectivity index (χ2v) is 5.76. The van der Waals surface area contributed by atoms with Crippen molar-refractivity contribution >= 4 is 5.84 Å². The molecule has 0 N–H and O–H groups in total. The first kappa shape index (κ1) is 13.7. The van der Waals surface area contributed by atoms with Gasteiger partial charge in [0, 0.05) is 0 Å². The molecule has 0 saturated carbocycles. The zero-order chi connectivity index (χ0) is 14.4. The van der Waals surface area contributed by atoms with Crippen LogP contribution in [0.15, 0.2) is 24.3 Å². The van der Waals surface area contributed by atoms with Gasteiger partial charge >= 0.3 is 0 Å². The predicted octanol–water partition coefficient (Wildman–Crippen LogP) is 2.32. The maximum absolute atomic E-state index is 12.4. The molecule has 1 heterocycles. The molecule has 1 aromatic carbocycles. The van der Waals surface area contributed by atoms with Crippen LogP contribution in [-0.4, -0.2) is 33.8 Å². The van der Waals surface area contributed by atoms with Crippen molar-refractivity contribution < 1.29 is 9.48 Å². The summed E-state index contributed by atoms with van der Waals surface area (Å²) in [5.74, 6) is 0.841. The Kier molecular flexibility index (Phi) is 2.97. The SMILES string of the molecule is COc1ccc(C2=[N+]([O-])C(C)(C)C(C)(C)N2[O-])cc1. The number of methoxy groups -OCH3 is 1. The van der Waals surface area contributed by atoms with E-state index in [-0.39, 0.29) is 5.84 Å². The Bertz CT molecular complexity index is 518. The summed E-state index contributed by atoms with van der Waals surface area (Å²) in [5.41, 5.74) is -0.974. The first-order chi connectivity index (χ1) is 8.73. The highest BCUT2D eigenvalue weighted by atomic mass is 16.5. The molecule has 19 heavy (non-hydrogen) atoms. The van der Waals surface area contributed by atoms with Crippen LogP contribution in [0.2, 0.25) is 0 Å². The number of hydrogen-bond acceptors (Lipinski definition) is 4. The molecule has 0 unspecified atom stereocenters. The number of rotatable bonds is 2. The van der Waals surface area contributed by atoms with E-state index < -0.39 is 11.1 Å². The molecule has 0 amide bonds. The summed E-state index contributed by atoms with van der Waals surface area (Å²) < 4.78 is 5.88. The second-order valence-electron chi connectivity index (χ2n) is 5.76. The van der Waals surface area contributed by atoms with E-state index in [0.29, 0.717) is 11.3 Å². The van der Waals surface area contributed by atoms with Crippen molar-refractivity contribution in [3.8, 4) is 5.75 Å². The Morgan fingerprint density at radius 3 is 2.00 bits per heavy atom. The molecule has 0 radical (unpaired) electrons. The van der Waals surface area contributed by atoms with Crippen molar-refractivity contribution in [3.05, 3.63) is 40.2 Å². The number of amidine groups is 1. The van der Waals surface area contributed by atoms with Crippen LogP contribution >= 0.6 is 0 Å². The van der Waals surface area contributed by atoms with Crippen LogP contribution in [0, 0.1) is 10.4 Å². The summed E-state index contributed by atoms with van der Waals surface area (Å²) in [4.78, 5) is 0. The molecule has 0 aromatic heterocycles. The summed E-state index contributed by atoms with van der Waals surface area (Å²) in [6.07, 6.45) is 0. The highest BCUT2D eigenvalue weighted by Gasteiger charge is 2.54. The Labute approximate surface area is 113 Å². The molecular formula is C14H19N2O3-. The zero-order valence-electron chi connectivity index (χ0n) is 11.9. The first-order valence-electron chi connectivity index (χ1n) is 6.19. The van der Waals surface area contributed by atoms with E-state index >= 15 is 0 Å². The fourth-order valence-corrected chi connectivity index (χ4v) is 2.08. The molecular weight excluding hydrogens is 244 g/mol.